The number of rotatable bonds is 7. The van der Waals surface area contributed by atoms with Crippen molar-refractivity contribution >= 4 is 20.2 Å². The van der Waals surface area contributed by atoms with Crippen LogP contribution in [0.4, 0.5) is 0 Å². The summed E-state index contributed by atoms with van der Waals surface area (Å²) in [7, 11) is -4.17. The molecule has 3 atom stereocenters. The molecule has 0 unspecified atom stereocenters. The van der Waals surface area contributed by atoms with E-state index in [0.29, 0.717) is 25.7 Å². The van der Waals surface area contributed by atoms with E-state index in [1.165, 1.54) is 25.2 Å². The van der Waals surface area contributed by atoms with Crippen molar-refractivity contribution in [2.24, 2.45) is 5.92 Å². The summed E-state index contributed by atoms with van der Waals surface area (Å²) >= 11 is 0. The van der Waals surface area contributed by atoms with Crippen molar-refractivity contribution in [2.45, 2.75) is 44.2 Å². The lowest BCUT2D eigenvalue weighted by molar-refractivity contribution is 0.0217. The lowest BCUT2D eigenvalue weighted by Crippen LogP contribution is -2.57. The maximum atomic E-state index is 13.4. The van der Waals surface area contributed by atoms with Gasteiger partial charge in [0.1, 0.15) is 13.2 Å². The maximum absolute atomic E-state index is 13.4. The molecule has 5 rings (SSSR count). The third-order valence-electron chi connectivity index (χ3n) is 7.77. The summed E-state index contributed by atoms with van der Waals surface area (Å²) in [5, 5.41) is 0. The summed E-state index contributed by atoms with van der Waals surface area (Å²) in [5.74, 6) is 1.85. The molecule has 0 saturated carbocycles. The molecule has 4 aliphatic rings. The fourth-order valence-electron chi connectivity index (χ4n) is 5.99. The second kappa shape index (κ2) is 9.79. The first kappa shape index (κ1) is 25.2. The van der Waals surface area contributed by atoms with Gasteiger partial charge in [-0.05, 0) is 61.3 Å². The fourth-order valence-corrected chi connectivity index (χ4v) is 8.47. The first-order valence-electron chi connectivity index (χ1n) is 12.5. The first-order valence-corrected chi connectivity index (χ1v) is 15.5. The van der Waals surface area contributed by atoms with Gasteiger partial charge in [-0.15, -0.1) is 0 Å². The van der Waals surface area contributed by atoms with Gasteiger partial charge in [-0.1, -0.05) is 0 Å². The van der Waals surface area contributed by atoms with Crippen molar-refractivity contribution in [3.63, 3.8) is 0 Å². The van der Waals surface area contributed by atoms with Gasteiger partial charge in [-0.25, -0.2) is 13.1 Å². The zero-order chi connectivity index (χ0) is 24.8. The lowest BCUT2D eigenvalue weighted by atomic mass is 9.77. The number of hydrogen-bond donors (Lipinski definition) is 1. The van der Waals surface area contributed by atoms with Crippen molar-refractivity contribution < 1.29 is 26.3 Å². The Balaban J connectivity index is 1.31. The van der Waals surface area contributed by atoms with Gasteiger partial charge in [0.15, 0.2) is 11.5 Å². The Morgan fingerprint density at radius 2 is 1.83 bits per heavy atom. The number of fused-ring (bicyclic) bond motifs is 5. The van der Waals surface area contributed by atoms with Gasteiger partial charge in [-0.3, -0.25) is 4.90 Å². The molecular weight excluding hydrogens is 492 g/mol. The molecule has 0 amide bonds. The highest BCUT2D eigenvalue weighted by atomic mass is 32.2. The molecule has 4 aliphatic heterocycles. The molecule has 0 aromatic heterocycles. The van der Waals surface area contributed by atoms with Crippen LogP contribution in [0.5, 0.6) is 11.5 Å². The van der Waals surface area contributed by atoms with E-state index in [9.17, 15) is 16.8 Å². The molecule has 0 aliphatic carbocycles. The van der Waals surface area contributed by atoms with Gasteiger partial charge < -0.3 is 9.47 Å². The van der Waals surface area contributed by atoms with Crippen molar-refractivity contribution in [1.29, 1.82) is 0 Å². The van der Waals surface area contributed by atoms with E-state index < -0.39 is 20.2 Å². The third-order valence-corrected chi connectivity index (χ3v) is 11.3. The molecule has 35 heavy (non-hydrogen) atoms. The van der Waals surface area contributed by atoms with Crippen LogP contribution in [0.25, 0.3) is 0 Å². The Labute approximate surface area is 208 Å². The highest BCUT2D eigenvalue weighted by Gasteiger charge is 2.46. The third kappa shape index (κ3) is 5.05. The average molecular weight is 529 g/mol. The summed E-state index contributed by atoms with van der Waals surface area (Å²) in [4.78, 5) is 2.52. The SMILES string of the molecule is CN(C)S(=O)(=O)NCCCS(=O)(=O)N1CCC[C@@H]2CN3CCc4cc5c(cc4[C@@H]3C[C@@H]21)OCCO5. The largest absolute Gasteiger partial charge is 0.486 e. The summed E-state index contributed by atoms with van der Waals surface area (Å²) in [6, 6.07) is 4.35. The Bertz CT molecular complexity index is 1160. The van der Waals surface area contributed by atoms with Crippen molar-refractivity contribution in [1.82, 2.24) is 18.2 Å². The van der Waals surface area contributed by atoms with Crippen LogP contribution in [0.3, 0.4) is 0 Å². The number of hydrogen-bond acceptors (Lipinski definition) is 7. The highest BCUT2D eigenvalue weighted by molar-refractivity contribution is 7.89. The minimum atomic E-state index is -3.56. The van der Waals surface area contributed by atoms with E-state index in [0.717, 1.165) is 54.6 Å². The number of benzene rings is 1. The molecule has 1 aromatic carbocycles. The van der Waals surface area contributed by atoms with Gasteiger partial charge in [0.05, 0.1) is 5.75 Å². The van der Waals surface area contributed by atoms with Crippen LogP contribution in [0, 0.1) is 5.92 Å². The molecule has 0 spiro atoms. The van der Waals surface area contributed by atoms with Crippen LogP contribution < -0.4 is 14.2 Å². The second-order valence-corrected chi connectivity index (χ2v) is 14.1. The van der Waals surface area contributed by atoms with Crippen LogP contribution in [0.15, 0.2) is 12.1 Å². The van der Waals surface area contributed by atoms with Gasteiger partial charge in [0.2, 0.25) is 10.0 Å². The minimum Gasteiger partial charge on any atom is -0.486 e. The molecule has 10 nitrogen and oxygen atoms in total. The molecule has 2 fully saturated rings. The summed E-state index contributed by atoms with van der Waals surface area (Å²) < 4.78 is 67.5. The summed E-state index contributed by atoms with van der Waals surface area (Å²) in [5.41, 5.74) is 2.51. The van der Waals surface area contributed by atoms with E-state index in [2.05, 4.69) is 21.8 Å². The standard InChI is InChI=1S/C23H36N4O6S2/c1-25(2)35(30,31)24-7-4-12-34(28,29)27-8-3-5-18-16-26-9-6-17-13-22-23(33-11-10-32-22)14-19(17)21(26)15-20(18)27/h13-14,18,20-21,24H,3-12,15-16H2,1-2H3/t18-,20+,21+/m1/s1. The zero-order valence-electron chi connectivity index (χ0n) is 20.5. The monoisotopic (exact) mass is 528 g/mol. The average Bonchev–Trinajstić information content (AvgIpc) is 2.83. The number of ether oxygens (including phenoxy) is 2. The van der Waals surface area contributed by atoms with Crippen molar-refractivity contribution in [3.8, 4) is 11.5 Å². The van der Waals surface area contributed by atoms with E-state index in [4.69, 9.17) is 9.47 Å². The van der Waals surface area contributed by atoms with E-state index in [1.54, 1.807) is 4.31 Å². The van der Waals surface area contributed by atoms with Gasteiger partial charge in [-0.2, -0.15) is 17.0 Å². The Kier molecular flexibility index (Phi) is 7.05. The van der Waals surface area contributed by atoms with Gasteiger partial charge in [0, 0.05) is 52.4 Å². The number of nitrogens with one attached hydrogen (secondary N) is 1. The quantitative estimate of drug-likeness (QED) is 0.525. The van der Waals surface area contributed by atoms with Gasteiger partial charge >= 0.3 is 0 Å². The topological polar surface area (TPSA) is 108 Å². The molecule has 1 aromatic rings. The fraction of sp³-hybridized carbons (Fsp3) is 0.739. The highest BCUT2D eigenvalue weighted by Crippen LogP contribution is 2.46. The normalized spacial score (nSPS) is 27.2. The Morgan fingerprint density at radius 1 is 1.09 bits per heavy atom. The Morgan fingerprint density at radius 3 is 2.57 bits per heavy atom. The van der Waals surface area contributed by atoms with Crippen LogP contribution >= 0.6 is 0 Å². The number of sulfonamides is 1. The second-order valence-electron chi connectivity index (χ2n) is 10.1. The van der Waals surface area contributed by atoms with Crippen LogP contribution in [0.2, 0.25) is 0 Å². The van der Waals surface area contributed by atoms with Crippen LogP contribution in [-0.2, 0) is 26.7 Å². The van der Waals surface area contributed by atoms with Gasteiger partial charge in [0.25, 0.3) is 10.2 Å². The summed E-state index contributed by atoms with van der Waals surface area (Å²) in [6.07, 6.45) is 3.87. The Hall–Kier alpha value is -1.44. The molecule has 2 saturated heterocycles. The smallest absolute Gasteiger partial charge is 0.278 e. The molecule has 12 heteroatoms. The van der Waals surface area contributed by atoms with E-state index in [1.807, 2.05) is 0 Å². The number of piperidine rings is 2. The molecule has 4 heterocycles. The predicted octanol–water partition coefficient (Wildman–Crippen LogP) is 0.957. The van der Waals surface area contributed by atoms with Crippen molar-refractivity contribution in [3.05, 3.63) is 23.3 Å². The number of nitrogens with zero attached hydrogens (tertiary/aromatic N) is 3. The van der Waals surface area contributed by atoms with E-state index >= 15 is 0 Å². The molecule has 0 bridgehead atoms. The molecule has 196 valence electrons. The minimum absolute atomic E-state index is 0.0346. The van der Waals surface area contributed by atoms with Crippen LogP contribution in [-0.4, -0.2) is 95.6 Å². The van der Waals surface area contributed by atoms with Crippen LogP contribution in [0.1, 0.15) is 42.9 Å². The lowest BCUT2D eigenvalue weighted by Gasteiger charge is -2.51. The maximum Gasteiger partial charge on any atom is 0.278 e. The molecule has 1 N–H and O–H groups in total. The zero-order valence-corrected chi connectivity index (χ0v) is 22.1. The predicted molar refractivity (Wildman–Crippen MR) is 132 cm³/mol. The molecular formula is C23H36N4O6S2. The van der Waals surface area contributed by atoms with E-state index in [-0.39, 0.29) is 30.8 Å². The molecule has 0 radical (unpaired) electrons. The first-order chi connectivity index (χ1) is 16.7. The van der Waals surface area contributed by atoms with Crippen molar-refractivity contribution in [2.75, 3.05) is 59.2 Å². The summed E-state index contributed by atoms with van der Waals surface area (Å²) in [6.45, 7) is 3.61.